The molecule has 7 heteroatoms. The number of rotatable bonds is 5. The maximum atomic E-state index is 12.3. The standard InChI is InChI=1S/C17H23N3O3.ClH/c18-15-5-4-12-9-20(10-14(12)15)16(21)6-7-23-13-3-1-2-11(8-13)17(19)22;/h1-3,8,12,14-15H,4-7,9-10,18H2,(H2,19,22);1H. The first-order chi connectivity index (χ1) is 11.0. The third-order valence-corrected chi connectivity index (χ3v) is 4.97. The Hall–Kier alpha value is -1.79. The summed E-state index contributed by atoms with van der Waals surface area (Å²) in [6.45, 7) is 1.90. The Labute approximate surface area is 147 Å². The maximum Gasteiger partial charge on any atom is 0.248 e. The van der Waals surface area contributed by atoms with Crippen LogP contribution in [0.1, 0.15) is 29.6 Å². The van der Waals surface area contributed by atoms with E-state index in [1.165, 1.54) is 0 Å². The average Bonchev–Trinajstić information content (AvgIpc) is 3.10. The minimum atomic E-state index is -0.494. The van der Waals surface area contributed by atoms with Crippen LogP contribution in [-0.4, -0.2) is 42.5 Å². The van der Waals surface area contributed by atoms with Crippen molar-refractivity contribution in [2.75, 3.05) is 19.7 Å². The molecule has 4 N–H and O–H groups in total. The lowest BCUT2D eigenvalue weighted by Gasteiger charge is -2.19. The molecule has 1 aromatic carbocycles. The first-order valence-electron chi connectivity index (χ1n) is 8.10. The highest BCUT2D eigenvalue weighted by molar-refractivity contribution is 5.93. The zero-order valence-electron chi connectivity index (χ0n) is 13.5. The van der Waals surface area contributed by atoms with Crippen LogP contribution in [0.3, 0.4) is 0 Å². The lowest BCUT2D eigenvalue weighted by Crippen LogP contribution is -2.34. The molecular formula is C17H24ClN3O3. The van der Waals surface area contributed by atoms with Crippen LogP contribution < -0.4 is 16.2 Å². The van der Waals surface area contributed by atoms with E-state index in [1.807, 2.05) is 4.90 Å². The van der Waals surface area contributed by atoms with E-state index in [1.54, 1.807) is 24.3 Å². The van der Waals surface area contributed by atoms with Crippen LogP contribution in [0.15, 0.2) is 24.3 Å². The van der Waals surface area contributed by atoms with Gasteiger partial charge in [0.1, 0.15) is 5.75 Å². The summed E-state index contributed by atoms with van der Waals surface area (Å²) < 4.78 is 5.56. The number of benzene rings is 1. The molecule has 6 nitrogen and oxygen atoms in total. The van der Waals surface area contributed by atoms with E-state index in [-0.39, 0.29) is 24.4 Å². The quantitative estimate of drug-likeness (QED) is 0.830. The SMILES string of the molecule is Cl.NC(=O)c1cccc(OCCC(=O)N2CC3CCC(N)C3C2)c1. The van der Waals surface area contributed by atoms with Gasteiger partial charge in [0.05, 0.1) is 13.0 Å². The molecule has 1 aromatic rings. The number of carbonyl (C=O) groups is 2. The number of primary amides is 1. The van der Waals surface area contributed by atoms with E-state index >= 15 is 0 Å². The van der Waals surface area contributed by atoms with E-state index < -0.39 is 5.91 Å². The molecule has 2 fully saturated rings. The molecule has 132 valence electrons. The third-order valence-electron chi connectivity index (χ3n) is 4.97. The Morgan fingerprint density at radius 3 is 2.75 bits per heavy atom. The predicted molar refractivity (Wildman–Crippen MR) is 93.1 cm³/mol. The van der Waals surface area contributed by atoms with Crippen LogP contribution in [0, 0.1) is 11.8 Å². The van der Waals surface area contributed by atoms with Crippen LogP contribution >= 0.6 is 12.4 Å². The van der Waals surface area contributed by atoms with Crippen LogP contribution in [0.25, 0.3) is 0 Å². The predicted octanol–water partition coefficient (Wildman–Crippen LogP) is 1.17. The van der Waals surface area contributed by atoms with Crippen molar-refractivity contribution in [3.8, 4) is 5.75 Å². The molecule has 0 spiro atoms. The maximum absolute atomic E-state index is 12.3. The van der Waals surface area contributed by atoms with Gasteiger partial charge >= 0.3 is 0 Å². The highest BCUT2D eigenvalue weighted by Crippen LogP contribution is 2.37. The second-order valence-electron chi connectivity index (χ2n) is 6.45. The van der Waals surface area contributed by atoms with Crippen molar-refractivity contribution in [1.29, 1.82) is 0 Å². The number of hydrogen-bond donors (Lipinski definition) is 2. The molecule has 1 saturated heterocycles. The van der Waals surface area contributed by atoms with E-state index in [4.69, 9.17) is 16.2 Å². The summed E-state index contributed by atoms with van der Waals surface area (Å²) in [5.74, 6) is 1.20. The minimum Gasteiger partial charge on any atom is -0.493 e. The van der Waals surface area contributed by atoms with Crippen LogP contribution in [0.4, 0.5) is 0 Å². The van der Waals surface area contributed by atoms with Crippen molar-refractivity contribution in [2.24, 2.45) is 23.3 Å². The number of fused-ring (bicyclic) bond motifs is 1. The molecule has 1 aliphatic carbocycles. The number of ether oxygens (including phenoxy) is 1. The van der Waals surface area contributed by atoms with Gasteiger partial charge in [0, 0.05) is 24.7 Å². The summed E-state index contributed by atoms with van der Waals surface area (Å²) in [6.07, 6.45) is 2.54. The molecule has 3 unspecified atom stereocenters. The van der Waals surface area contributed by atoms with Crippen molar-refractivity contribution in [3.63, 3.8) is 0 Å². The molecule has 1 aliphatic heterocycles. The van der Waals surface area contributed by atoms with Gasteiger partial charge in [-0.05, 0) is 42.9 Å². The van der Waals surface area contributed by atoms with Crippen molar-refractivity contribution >= 4 is 24.2 Å². The number of amides is 2. The molecule has 1 heterocycles. The topological polar surface area (TPSA) is 98.7 Å². The Bertz CT molecular complexity index is 610. The highest BCUT2D eigenvalue weighted by atomic mass is 35.5. The van der Waals surface area contributed by atoms with Crippen molar-refractivity contribution in [1.82, 2.24) is 4.90 Å². The van der Waals surface area contributed by atoms with E-state index in [9.17, 15) is 9.59 Å². The van der Waals surface area contributed by atoms with Gasteiger partial charge in [0.2, 0.25) is 11.8 Å². The molecule has 24 heavy (non-hydrogen) atoms. The molecular weight excluding hydrogens is 330 g/mol. The van der Waals surface area contributed by atoms with Gasteiger partial charge in [0.15, 0.2) is 0 Å². The number of nitrogens with two attached hydrogens (primary N) is 2. The van der Waals surface area contributed by atoms with Gasteiger partial charge in [0.25, 0.3) is 0 Å². The summed E-state index contributed by atoms with van der Waals surface area (Å²) in [5.41, 5.74) is 11.7. The fourth-order valence-electron chi connectivity index (χ4n) is 3.66. The molecule has 1 saturated carbocycles. The van der Waals surface area contributed by atoms with Gasteiger partial charge in [-0.25, -0.2) is 0 Å². The van der Waals surface area contributed by atoms with Gasteiger partial charge in [-0.3, -0.25) is 9.59 Å². The van der Waals surface area contributed by atoms with Gasteiger partial charge < -0.3 is 21.1 Å². The summed E-state index contributed by atoms with van der Waals surface area (Å²) in [5, 5.41) is 0. The molecule has 0 radical (unpaired) electrons. The fourth-order valence-corrected chi connectivity index (χ4v) is 3.66. The molecule has 3 rings (SSSR count). The number of halogens is 1. The van der Waals surface area contributed by atoms with Crippen molar-refractivity contribution < 1.29 is 14.3 Å². The minimum absolute atomic E-state index is 0. The van der Waals surface area contributed by atoms with Gasteiger partial charge in [-0.1, -0.05) is 6.07 Å². The second kappa shape index (κ2) is 7.85. The molecule has 3 atom stereocenters. The normalized spacial score (nSPS) is 25.0. The molecule has 2 aliphatic rings. The van der Waals surface area contributed by atoms with Gasteiger partial charge in [-0.2, -0.15) is 0 Å². The van der Waals surface area contributed by atoms with Gasteiger partial charge in [-0.15, -0.1) is 12.4 Å². The lowest BCUT2D eigenvalue weighted by molar-refractivity contribution is -0.131. The van der Waals surface area contributed by atoms with E-state index in [0.717, 1.165) is 25.9 Å². The molecule has 2 amide bonds. The summed E-state index contributed by atoms with van der Waals surface area (Å²) >= 11 is 0. The average molecular weight is 354 g/mol. The number of hydrogen-bond acceptors (Lipinski definition) is 4. The molecule has 0 bridgehead atoms. The van der Waals surface area contributed by atoms with Crippen LogP contribution in [0.5, 0.6) is 5.75 Å². The largest absolute Gasteiger partial charge is 0.493 e. The Kier molecular flexibility index (Phi) is 6.07. The Balaban J connectivity index is 0.00000208. The van der Waals surface area contributed by atoms with Crippen molar-refractivity contribution in [3.05, 3.63) is 29.8 Å². The number of likely N-dealkylation sites (tertiary alicyclic amines) is 1. The summed E-state index contributed by atoms with van der Waals surface area (Å²) in [4.78, 5) is 25.3. The highest BCUT2D eigenvalue weighted by Gasteiger charge is 2.42. The monoisotopic (exact) mass is 353 g/mol. The Morgan fingerprint density at radius 2 is 2.04 bits per heavy atom. The smallest absolute Gasteiger partial charge is 0.248 e. The summed E-state index contributed by atoms with van der Waals surface area (Å²) in [7, 11) is 0. The fraction of sp³-hybridized carbons (Fsp3) is 0.529. The number of nitrogens with zero attached hydrogens (tertiary/aromatic N) is 1. The zero-order valence-corrected chi connectivity index (χ0v) is 14.3. The number of carbonyl (C=O) groups excluding carboxylic acids is 2. The third kappa shape index (κ3) is 3.99. The van der Waals surface area contributed by atoms with Crippen LogP contribution in [0.2, 0.25) is 0 Å². The Morgan fingerprint density at radius 1 is 1.25 bits per heavy atom. The van der Waals surface area contributed by atoms with Crippen LogP contribution in [-0.2, 0) is 4.79 Å². The van der Waals surface area contributed by atoms with Crippen molar-refractivity contribution in [2.45, 2.75) is 25.3 Å². The zero-order chi connectivity index (χ0) is 16.4. The van der Waals surface area contributed by atoms with E-state index in [0.29, 0.717) is 36.2 Å². The first-order valence-corrected chi connectivity index (χ1v) is 8.10. The summed E-state index contributed by atoms with van der Waals surface area (Å²) in [6, 6.07) is 6.92. The lowest BCUT2D eigenvalue weighted by atomic mass is 9.98. The molecule has 0 aromatic heterocycles. The second-order valence-corrected chi connectivity index (χ2v) is 6.45. The first kappa shape index (κ1) is 18.5. The van der Waals surface area contributed by atoms with E-state index in [2.05, 4.69) is 0 Å².